The van der Waals surface area contributed by atoms with Gasteiger partial charge < -0.3 is 19.1 Å². The molecule has 6 nitrogen and oxygen atoms in total. The maximum atomic E-state index is 12.9. The summed E-state index contributed by atoms with van der Waals surface area (Å²) < 4.78 is 7.84. The summed E-state index contributed by atoms with van der Waals surface area (Å²) in [7, 11) is 0. The Hall–Kier alpha value is -2.34. The van der Waals surface area contributed by atoms with Crippen molar-refractivity contribution in [1.82, 2.24) is 14.5 Å². The number of likely N-dealkylation sites (tertiary alicyclic amines) is 1. The van der Waals surface area contributed by atoms with E-state index < -0.39 is 0 Å². The summed E-state index contributed by atoms with van der Waals surface area (Å²) in [6.45, 7) is 5.25. The Morgan fingerprint density at radius 3 is 3.12 bits per heavy atom. The van der Waals surface area contributed by atoms with Crippen LogP contribution in [0.3, 0.4) is 0 Å². The number of likely N-dealkylation sites (N-methyl/N-ethyl adjacent to an activating group) is 1. The lowest BCUT2D eigenvalue weighted by Crippen LogP contribution is -2.53. The number of hydrogen-bond donors (Lipinski definition) is 0. The smallest absolute Gasteiger partial charge is 0.251 e. The molecule has 2 aromatic heterocycles. The second kappa shape index (κ2) is 5.84. The number of ether oxygens (including phenoxy) is 1. The number of carbonyl (C=O) groups is 1. The molecule has 3 aliphatic heterocycles. The van der Waals surface area contributed by atoms with Crippen LogP contribution in [0.25, 0.3) is 5.82 Å². The van der Waals surface area contributed by atoms with Crippen molar-refractivity contribution < 1.29 is 9.53 Å². The van der Waals surface area contributed by atoms with Gasteiger partial charge >= 0.3 is 0 Å². The number of nitrogens with zero attached hydrogens (tertiary/aromatic N) is 4. The molecule has 6 heteroatoms. The Labute approximate surface area is 153 Å². The van der Waals surface area contributed by atoms with E-state index in [4.69, 9.17) is 4.74 Å². The van der Waals surface area contributed by atoms with Crippen molar-refractivity contribution in [3.8, 4) is 5.82 Å². The van der Waals surface area contributed by atoms with Crippen LogP contribution >= 0.6 is 0 Å². The number of fused-ring (bicyclic) bond motifs is 4. The van der Waals surface area contributed by atoms with Crippen molar-refractivity contribution in [3.05, 3.63) is 42.4 Å². The number of amides is 1. The Kier molecular flexibility index (Phi) is 3.57. The molecule has 1 amide bonds. The average molecular weight is 352 g/mol. The number of rotatable bonds is 2. The highest BCUT2D eigenvalue weighted by molar-refractivity contribution is 5.82. The van der Waals surface area contributed by atoms with Gasteiger partial charge in [-0.25, -0.2) is 4.98 Å². The molecule has 3 aliphatic rings. The normalized spacial score (nSPS) is 27.0. The van der Waals surface area contributed by atoms with Crippen molar-refractivity contribution in [2.24, 2.45) is 0 Å². The molecule has 0 bridgehead atoms. The quantitative estimate of drug-likeness (QED) is 0.832. The highest BCUT2D eigenvalue weighted by atomic mass is 16.5. The molecule has 0 unspecified atom stereocenters. The summed E-state index contributed by atoms with van der Waals surface area (Å²) in [6, 6.07) is 8.40. The molecular formula is C20H24N4O2. The number of hydrogen-bond acceptors (Lipinski definition) is 4. The van der Waals surface area contributed by atoms with Gasteiger partial charge in [-0.1, -0.05) is 0 Å². The van der Waals surface area contributed by atoms with Gasteiger partial charge in [0.25, 0.3) is 5.91 Å². The minimum absolute atomic E-state index is 0.158. The molecule has 2 saturated heterocycles. The minimum Gasteiger partial charge on any atom is -0.368 e. The standard InChI is InChI=1S/C20H24N4O2/c1-2-24-15-6-3-10-21-18(15)23-11-4-8-17(23)20(24)9-12-22(14-20)19(25)16-7-5-13-26-16/h3-4,6,8,10-11,16H,2,5,7,9,12-14H2,1H3/t16-,20+/m1/s1. The van der Waals surface area contributed by atoms with E-state index in [0.717, 1.165) is 43.9 Å². The Morgan fingerprint density at radius 2 is 2.31 bits per heavy atom. The molecule has 26 heavy (non-hydrogen) atoms. The monoisotopic (exact) mass is 352 g/mol. The lowest BCUT2D eigenvalue weighted by Gasteiger charge is -2.46. The van der Waals surface area contributed by atoms with Crippen LogP contribution in [-0.4, -0.2) is 52.7 Å². The zero-order chi connectivity index (χ0) is 17.7. The topological polar surface area (TPSA) is 50.6 Å². The summed E-state index contributed by atoms with van der Waals surface area (Å²) in [5.41, 5.74) is 2.18. The first kappa shape index (κ1) is 15.9. The second-order valence-corrected chi connectivity index (χ2v) is 7.40. The molecule has 2 atom stereocenters. The lowest BCUT2D eigenvalue weighted by molar-refractivity contribution is -0.140. The van der Waals surface area contributed by atoms with E-state index >= 15 is 0 Å². The van der Waals surface area contributed by atoms with Gasteiger partial charge in [0.2, 0.25) is 0 Å². The Bertz CT molecular complexity index is 842. The van der Waals surface area contributed by atoms with Crippen LogP contribution in [0.1, 0.15) is 31.9 Å². The van der Waals surface area contributed by atoms with Crippen LogP contribution in [0.15, 0.2) is 36.7 Å². The third-order valence-corrected chi connectivity index (χ3v) is 6.11. The molecule has 0 N–H and O–H groups in total. The van der Waals surface area contributed by atoms with Crippen molar-refractivity contribution in [1.29, 1.82) is 0 Å². The predicted octanol–water partition coefficient (Wildman–Crippen LogP) is 2.32. The number of aromatic nitrogens is 2. The van der Waals surface area contributed by atoms with E-state index in [2.05, 4.69) is 45.8 Å². The highest BCUT2D eigenvalue weighted by Gasteiger charge is 2.51. The second-order valence-electron chi connectivity index (χ2n) is 7.40. The highest BCUT2D eigenvalue weighted by Crippen LogP contribution is 2.46. The molecule has 136 valence electrons. The van der Waals surface area contributed by atoms with E-state index in [0.29, 0.717) is 13.2 Å². The first-order valence-corrected chi connectivity index (χ1v) is 9.56. The number of carbonyl (C=O) groups excluding carboxylic acids is 1. The van der Waals surface area contributed by atoms with E-state index in [1.165, 1.54) is 5.69 Å². The summed E-state index contributed by atoms with van der Waals surface area (Å²) >= 11 is 0. The van der Waals surface area contributed by atoms with Gasteiger partial charge in [-0.3, -0.25) is 4.79 Å². The fourth-order valence-electron chi connectivity index (χ4n) is 4.96. The van der Waals surface area contributed by atoms with Gasteiger partial charge in [-0.05, 0) is 50.5 Å². The zero-order valence-electron chi connectivity index (χ0n) is 15.1. The molecule has 0 saturated carbocycles. The van der Waals surface area contributed by atoms with E-state index in [1.807, 2.05) is 17.2 Å². The van der Waals surface area contributed by atoms with Gasteiger partial charge in [0, 0.05) is 38.6 Å². The van der Waals surface area contributed by atoms with Crippen LogP contribution in [0, 0.1) is 0 Å². The first-order chi connectivity index (χ1) is 12.7. The number of pyridine rings is 1. The molecule has 2 fully saturated rings. The Morgan fingerprint density at radius 1 is 1.38 bits per heavy atom. The van der Waals surface area contributed by atoms with Crippen molar-refractivity contribution in [3.63, 3.8) is 0 Å². The lowest BCUT2D eigenvalue weighted by atomic mass is 9.89. The summed E-state index contributed by atoms with van der Waals surface area (Å²) in [5, 5.41) is 0. The maximum Gasteiger partial charge on any atom is 0.251 e. The number of anilines is 1. The molecular weight excluding hydrogens is 328 g/mol. The molecule has 1 spiro atoms. The first-order valence-electron chi connectivity index (χ1n) is 9.56. The third-order valence-electron chi connectivity index (χ3n) is 6.11. The van der Waals surface area contributed by atoms with E-state index in [1.54, 1.807) is 0 Å². The van der Waals surface area contributed by atoms with Gasteiger partial charge in [-0.15, -0.1) is 0 Å². The van der Waals surface area contributed by atoms with Crippen molar-refractivity contribution >= 4 is 11.6 Å². The third kappa shape index (κ3) is 2.08. The van der Waals surface area contributed by atoms with Crippen LogP contribution in [0.5, 0.6) is 0 Å². The fourth-order valence-corrected chi connectivity index (χ4v) is 4.96. The predicted molar refractivity (Wildman–Crippen MR) is 98.4 cm³/mol. The SMILES string of the molecule is CCN1c2cccnc2-n2cccc2[C@@]12CCN(C(=O)[C@H]1CCCO1)C2. The van der Waals surface area contributed by atoms with Gasteiger partial charge in [0.1, 0.15) is 6.10 Å². The summed E-state index contributed by atoms with van der Waals surface area (Å²) in [5.74, 6) is 1.13. The van der Waals surface area contributed by atoms with Gasteiger partial charge in [0.15, 0.2) is 5.82 Å². The average Bonchev–Trinajstić information content (AvgIpc) is 3.42. The minimum atomic E-state index is -0.246. The maximum absolute atomic E-state index is 12.9. The van der Waals surface area contributed by atoms with E-state index in [-0.39, 0.29) is 17.6 Å². The molecule has 0 radical (unpaired) electrons. The fraction of sp³-hybridized carbons (Fsp3) is 0.500. The molecule has 0 aliphatic carbocycles. The van der Waals surface area contributed by atoms with Crippen LogP contribution < -0.4 is 4.90 Å². The van der Waals surface area contributed by atoms with Gasteiger partial charge in [-0.2, -0.15) is 0 Å². The molecule has 0 aromatic carbocycles. The Balaban J connectivity index is 1.55. The zero-order valence-corrected chi connectivity index (χ0v) is 15.1. The van der Waals surface area contributed by atoms with Crippen LogP contribution in [0.4, 0.5) is 5.69 Å². The summed E-state index contributed by atoms with van der Waals surface area (Å²) in [4.78, 5) is 22.0. The van der Waals surface area contributed by atoms with Crippen LogP contribution in [-0.2, 0) is 15.1 Å². The summed E-state index contributed by atoms with van der Waals surface area (Å²) in [6.07, 6.45) is 6.44. The van der Waals surface area contributed by atoms with Crippen molar-refractivity contribution in [2.75, 3.05) is 31.1 Å². The van der Waals surface area contributed by atoms with Gasteiger partial charge in [0.05, 0.1) is 16.9 Å². The molecule has 2 aromatic rings. The molecule has 5 rings (SSSR count). The van der Waals surface area contributed by atoms with Crippen molar-refractivity contribution in [2.45, 2.75) is 37.8 Å². The largest absolute Gasteiger partial charge is 0.368 e. The molecule has 5 heterocycles. The van der Waals surface area contributed by atoms with E-state index in [9.17, 15) is 4.79 Å². The van der Waals surface area contributed by atoms with Crippen LogP contribution in [0.2, 0.25) is 0 Å².